The maximum atomic E-state index is 13.6. The number of carbonyl (C=O) groups is 1. The molecule has 3 rings (SSSR count). The highest BCUT2D eigenvalue weighted by Crippen LogP contribution is 2.28. The molecule has 1 aromatic heterocycles. The van der Waals surface area contributed by atoms with Crippen LogP contribution >= 0.6 is 23.1 Å². The Labute approximate surface area is 146 Å². The second kappa shape index (κ2) is 7.55. The number of amides is 1. The molecule has 0 atom stereocenters. The summed E-state index contributed by atoms with van der Waals surface area (Å²) in [6, 6.07) is 14.2. The highest BCUT2D eigenvalue weighted by Gasteiger charge is 2.08. The quantitative estimate of drug-likeness (QED) is 0.424. The van der Waals surface area contributed by atoms with E-state index in [1.165, 1.54) is 17.8 Å². The fourth-order valence-corrected chi connectivity index (χ4v) is 3.89. The van der Waals surface area contributed by atoms with Crippen molar-refractivity contribution < 1.29 is 9.18 Å². The molecular formula is C17H14FN3OS2. The third-order valence-corrected chi connectivity index (χ3v) is 5.39. The van der Waals surface area contributed by atoms with Gasteiger partial charge in [-0.3, -0.25) is 4.79 Å². The zero-order chi connectivity index (χ0) is 16.9. The number of fused-ring (bicyclic) bond motifs is 1. The van der Waals surface area contributed by atoms with E-state index in [0.717, 1.165) is 14.6 Å². The first kappa shape index (κ1) is 16.6. The number of hydrogen-bond donors (Lipinski definition) is 1. The van der Waals surface area contributed by atoms with E-state index in [1.54, 1.807) is 36.5 Å². The third kappa shape index (κ3) is 3.98. The van der Waals surface area contributed by atoms with Crippen LogP contribution in [0.15, 0.2) is 58.0 Å². The normalized spacial score (nSPS) is 11.7. The van der Waals surface area contributed by atoms with Gasteiger partial charge in [-0.1, -0.05) is 42.1 Å². The van der Waals surface area contributed by atoms with E-state index in [0.29, 0.717) is 11.3 Å². The highest BCUT2D eigenvalue weighted by molar-refractivity contribution is 8.01. The van der Waals surface area contributed by atoms with E-state index in [2.05, 4.69) is 15.5 Å². The molecule has 122 valence electrons. The van der Waals surface area contributed by atoms with Gasteiger partial charge in [-0.05, 0) is 25.1 Å². The molecule has 0 unspecified atom stereocenters. The molecule has 0 bridgehead atoms. The zero-order valence-corrected chi connectivity index (χ0v) is 14.5. The van der Waals surface area contributed by atoms with Crippen molar-refractivity contribution in [3.63, 3.8) is 0 Å². The van der Waals surface area contributed by atoms with E-state index >= 15 is 0 Å². The molecule has 1 heterocycles. The molecule has 1 amide bonds. The molecule has 0 fully saturated rings. The molecule has 0 saturated carbocycles. The molecule has 0 spiro atoms. The van der Waals surface area contributed by atoms with Crippen molar-refractivity contribution in [1.82, 2.24) is 10.4 Å². The van der Waals surface area contributed by atoms with E-state index < -0.39 is 0 Å². The Balaban J connectivity index is 1.57. The first-order chi connectivity index (χ1) is 11.6. The summed E-state index contributed by atoms with van der Waals surface area (Å²) < 4.78 is 15.6. The number of para-hydroxylation sites is 1. The van der Waals surface area contributed by atoms with Gasteiger partial charge in [0.15, 0.2) is 4.34 Å². The summed E-state index contributed by atoms with van der Waals surface area (Å²) in [5, 5.41) is 3.96. The van der Waals surface area contributed by atoms with E-state index in [-0.39, 0.29) is 17.5 Å². The monoisotopic (exact) mass is 359 g/mol. The van der Waals surface area contributed by atoms with Crippen LogP contribution in [0.1, 0.15) is 12.5 Å². The van der Waals surface area contributed by atoms with Crippen LogP contribution in [0.2, 0.25) is 0 Å². The fraction of sp³-hybridized carbons (Fsp3) is 0.118. The van der Waals surface area contributed by atoms with E-state index in [4.69, 9.17) is 0 Å². The molecule has 7 heteroatoms. The number of nitrogens with one attached hydrogen (secondary N) is 1. The molecule has 0 aliphatic carbocycles. The van der Waals surface area contributed by atoms with Crippen LogP contribution in [-0.4, -0.2) is 22.4 Å². The molecule has 0 radical (unpaired) electrons. The second-order valence-corrected chi connectivity index (χ2v) is 7.20. The average molecular weight is 359 g/mol. The average Bonchev–Trinajstić information content (AvgIpc) is 3.01. The molecular weight excluding hydrogens is 345 g/mol. The van der Waals surface area contributed by atoms with Crippen molar-refractivity contribution in [2.45, 2.75) is 11.3 Å². The van der Waals surface area contributed by atoms with Crippen LogP contribution in [0.25, 0.3) is 10.2 Å². The smallest absolute Gasteiger partial charge is 0.250 e. The Morgan fingerprint density at radius 3 is 2.79 bits per heavy atom. The molecule has 4 nitrogen and oxygen atoms in total. The lowest BCUT2D eigenvalue weighted by Gasteiger charge is -2.03. The minimum absolute atomic E-state index is 0.202. The van der Waals surface area contributed by atoms with Crippen LogP contribution in [0.5, 0.6) is 0 Å². The lowest BCUT2D eigenvalue weighted by Crippen LogP contribution is -2.21. The maximum Gasteiger partial charge on any atom is 0.250 e. The Morgan fingerprint density at radius 1 is 1.25 bits per heavy atom. The molecule has 0 aliphatic rings. The lowest BCUT2D eigenvalue weighted by atomic mass is 10.1. The summed E-state index contributed by atoms with van der Waals surface area (Å²) in [6.07, 6.45) is 0. The van der Waals surface area contributed by atoms with Gasteiger partial charge in [0, 0.05) is 5.56 Å². The van der Waals surface area contributed by atoms with Gasteiger partial charge < -0.3 is 0 Å². The van der Waals surface area contributed by atoms with Crippen molar-refractivity contribution >= 4 is 44.9 Å². The molecule has 24 heavy (non-hydrogen) atoms. The van der Waals surface area contributed by atoms with Crippen molar-refractivity contribution in [2.24, 2.45) is 5.10 Å². The largest absolute Gasteiger partial charge is 0.272 e. The first-order valence-electron chi connectivity index (χ1n) is 7.20. The number of thiazole rings is 1. The van der Waals surface area contributed by atoms with Crippen LogP contribution in [0.3, 0.4) is 0 Å². The topological polar surface area (TPSA) is 54.4 Å². The number of carbonyl (C=O) groups excluding carboxylic acids is 1. The summed E-state index contributed by atoms with van der Waals surface area (Å²) in [5.41, 5.74) is 4.17. The Hall–Kier alpha value is -2.25. The van der Waals surface area contributed by atoms with Crippen molar-refractivity contribution in [3.8, 4) is 0 Å². The predicted octanol–water partition coefficient (Wildman–Crippen LogP) is 4.07. The molecule has 0 aliphatic heterocycles. The van der Waals surface area contributed by atoms with Crippen LogP contribution < -0.4 is 5.43 Å². The summed E-state index contributed by atoms with van der Waals surface area (Å²) in [7, 11) is 0. The van der Waals surface area contributed by atoms with Crippen molar-refractivity contribution in [1.29, 1.82) is 0 Å². The summed E-state index contributed by atoms with van der Waals surface area (Å²) >= 11 is 2.91. The second-order valence-electron chi connectivity index (χ2n) is 4.95. The van der Waals surface area contributed by atoms with Gasteiger partial charge >= 0.3 is 0 Å². The summed E-state index contributed by atoms with van der Waals surface area (Å²) in [6.45, 7) is 1.65. The van der Waals surface area contributed by atoms with Gasteiger partial charge in [-0.2, -0.15) is 5.10 Å². The highest BCUT2D eigenvalue weighted by atomic mass is 32.2. The maximum absolute atomic E-state index is 13.6. The van der Waals surface area contributed by atoms with Gasteiger partial charge in [0.05, 0.1) is 21.7 Å². The van der Waals surface area contributed by atoms with Crippen molar-refractivity contribution in [2.75, 3.05) is 5.75 Å². The Bertz CT molecular complexity index is 874. The van der Waals surface area contributed by atoms with Crippen LogP contribution in [0.4, 0.5) is 4.39 Å². The number of hydrazone groups is 1. The van der Waals surface area contributed by atoms with Gasteiger partial charge in [-0.15, -0.1) is 11.3 Å². The Morgan fingerprint density at radius 2 is 2.00 bits per heavy atom. The first-order valence-corrected chi connectivity index (χ1v) is 9.00. The number of halogens is 1. The molecule has 0 saturated heterocycles. The van der Waals surface area contributed by atoms with E-state index in [9.17, 15) is 9.18 Å². The fourth-order valence-electron chi connectivity index (χ4n) is 2.03. The molecule has 1 N–H and O–H groups in total. The predicted molar refractivity (Wildman–Crippen MR) is 97.1 cm³/mol. The van der Waals surface area contributed by atoms with Gasteiger partial charge in [-0.25, -0.2) is 14.8 Å². The number of benzene rings is 2. The van der Waals surface area contributed by atoms with Gasteiger partial charge in [0.1, 0.15) is 5.82 Å². The standard InChI is InChI=1S/C17H14FN3OS2/c1-11(12-6-2-3-7-13(12)18)20-21-16(22)10-23-17-19-14-8-4-5-9-15(14)24-17/h2-9H,10H2,1H3,(H,21,22)/b20-11+. The Kier molecular flexibility index (Phi) is 5.22. The zero-order valence-electron chi connectivity index (χ0n) is 12.8. The minimum atomic E-state index is -0.364. The van der Waals surface area contributed by atoms with Gasteiger partial charge in [0.25, 0.3) is 5.91 Å². The van der Waals surface area contributed by atoms with Crippen LogP contribution in [0, 0.1) is 5.82 Å². The van der Waals surface area contributed by atoms with Gasteiger partial charge in [0.2, 0.25) is 0 Å². The van der Waals surface area contributed by atoms with E-state index in [1.807, 2.05) is 24.3 Å². The summed E-state index contributed by atoms with van der Waals surface area (Å²) in [5.74, 6) is -0.416. The third-order valence-electron chi connectivity index (χ3n) is 3.21. The number of thioether (sulfide) groups is 1. The molecule has 3 aromatic rings. The number of hydrogen-bond acceptors (Lipinski definition) is 5. The molecule has 2 aromatic carbocycles. The number of rotatable bonds is 5. The van der Waals surface area contributed by atoms with Crippen LogP contribution in [-0.2, 0) is 4.79 Å². The van der Waals surface area contributed by atoms with Crippen molar-refractivity contribution in [3.05, 3.63) is 59.9 Å². The number of nitrogens with zero attached hydrogens (tertiary/aromatic N) is 2. The lowest BCUT2D eigenvalue weighted by molar-refractivity contribution is -0.118. The number of aromatic nitrogens is 1. The minimum Gasteiger partial charge on any atom is -0.272 e. The SMILES string of the molecule is C/C(=N\NC(=O)CSc1nc2ccccc2s1)c1ccccc1F. The summed E-state index contributed by atoms with van der Waals surface area (Å²) in [4.78, 5) is 16.4.